The van der Waals surface area contributed by atoms with Crippen molar-refractivity contribution < 1.29 is 13.6 Å². The molecular formula is C13H20N4O3S. The second kappa shape index (κ2) is 6.95. The van der Waals surface area contributed by atoms with Crippen molar-refractivity contribution in [3.8, 4) is 0 Å². The van der Waals surface area contributed by atoms with E-state index in [1.165, 1.54) is 6.20 Å². The van der Waals surface area contributed by atoms with Crippen LogP contribution in [-0.2, 0) is 16.8 Å². The normalized spacial score (nSPS) is 16.9. The molecule has 1 aliphatic carbocycles. The van der Waals surface area contributed by atoms with Crippen molar-refractivity contribution in [1.29, 1.82) is 0 Å². The summed E-state index contributed by atoms with van der Waals surface area (Å²) in [6, 6.07) is 0.329. The van der Waals surface area contributed by atoms with Gasteiger partial charge < -0.3 is 15.2 Å². The quantitative estimate of drug-likeness (QED) is 0.760. The van der Waals surface area contributed by atoms with E-state index in [-0.39, 0.29) is 17.1 Å². The molecule has 1 aromatic rings. The fourth-order valence-corrected chi connectivity index (χ4v) is 3.14. The molecular weight excluding hydrogens is 292 g/mol. The zero-order valence-corrected chi connectivity index (χ0v) is 12.8. The van der Waals surface area contributed by atoms with Crippen LogP contribution in [0.15, 0.2) is 6.20 Å². The molecule has 0 bridgehead atoms. The van der Waals surface area contributed by atoms with Gasteiger partial charge in [0.1, 0.15) is 23.0 Å². The lowest BCUT2D eigenvalue weighted by atomic mass is 10.1. The lowest BCUT2D eigenvalue weighted by Crippen LogP contribution is -2.36. The summed E-state index contributed by atoms with van der Waals surface area (Å²) >= 11 is -2.02. The Bertz CT molecular complexity index is 546. The first kappa shape index (κ1) is 15.8. The van der Waals surface area contributed by atoms with Crippen molar-refractivity contribution in [2.24, 2.45) is 5.73 Å². The van der Waals surface area contributed by atoms with Crippen LogP contribution in [0.25, 0.3) is 0 Å². The van der Waals surface area contributed by atoms with E-state index in [2.05, 4.69) is 14.9 Å². The van der Waals surface area contributed by atoms with Gasteiger partial charge in [-0.25, -0.2) is 14.2 Å². The fraction of sp³-hybridized carbons (Fsp3) is 0.615. The van der Waals surface area contributed by atoms with E-state index in [4.69, 9.17) is 10.3 Å². The summed E-state index contributed by atoms with van der Waals surface area (Å²) in [5.41, 5.74) is 5.66. The van der Waals surface area contributed by atoms with Gasteiger partial charge in [0.05, 0.1) is 0 Å². The van der Waals surface area contributed by atoms with E-state index >= 15 is 0 Å². The molecule has 3 N–H and O–H groups in total. The van der Waals surface area contributed by atoms with Gasteiger partial charge in [-0.05, 0) is 19.8 Å². The first-order valence-electron chi connectivity index (χ1n) is 7.02. The summed E-state index contributed by atoms with van der Waals surface area (Å²) < 4.78 is 19.9. The SMILES string of the molecule is CCN(c1nc(CS(=O)O)ncc1C(N)=O)C1CCCC1. The van der Waals surface area contributed by atoms with Crippen molar-refractivity contribution in [1.82, 2.24) is 9.97 Å². The fourth-order valence-electron chi connectivity index (χ4n) is 2.78. The Balaban J connectivity index is 2.40. The van der Waals surface area contributed by atoms with Crippen LogP contribution in [-0.4, -0.2) is 37.2 Å². The molecule has 1 amide bonds. The summed E-state index contributed by atoms with van der Waals surface area (Å²) in [5, 5.41) is 0. The Morgan fingerprint density at radius 3 is 2.71 bits per heavy atom. The van der Waals surface area contributed by atoms with E-state index in [1.807, 2.05) is 6.92 Å². The van der Waals surface area contributed by atoms with E-state index in [0.29, 0.717) is 18.4 Å². The maximum absolute atomic E-state index is 11.6. The molecule has 2 rings (SSSR count). The molecule has 21 heavy (non-hydrogen) atoms. The Kier molecular flexibility index (Phi) is 5.24. The number of carbonyl (C=O) groups excluding carboxylic acids is 1. The van der Waals surface area contributed by atoms with Crippen LogP contribution >= 0.6 is 0 Å². The Morgan fingerprint density at radius 2 is 2.19 bits per heavy atom. The van der Waals surface area contributed by atoms with Gasteiger partial charge in [-0.2, -0.15) is 0 Å². The maximum atomic E-state index is 11.6. The number of aromatic nitrogens is 2. The molecule has 1 heterocycles. The molecule has 1 unspecified atom stereocenters. The van der Waals surface area contributed by atoms with Gasteiger partial charge in [0, 0.05) is 18.8 Å². The largest absolute Gasteiger partial charge is 0.365 e. The highest BCUT2D eigenvalue weighted by Crippen LogP contribution is 2.28. The third-order valence-corrected chi connectivity index (χ3v) is 4.22. The Hall–Kier alpha value is -1.54. The molecule has 1 fully saturated rings. The molecule has 8 heteroatoms. The van der Waals surface area contributed by atoms with Gasteiger partial charge in [0.15, 0.2) is 11.1 Å². The number of amides is 1. The number of anilines is 1. The van der Waals surface area contributed by atoms with Crippen molar-refractivity contribution in [3.63, 3.8) is 0 Å². The molecule has 0 spiro atoms. The molecule has 1 aromatic heterocycles. The standard InChI is InChI=1S/C13H20N4O3S/c1-2-17(9-5-3-4-6-9)13-10(12(14)18)7-15-11(16-13)8-21(19)20/h7,9H,2-6,8H2,1H3,(H2,14,18)(H,19,20). The predicted molar refractivity (Wildman–Crippen MR) is 80.3 cm³/mol. The summed E-state index contributed by atoms with van der Waals surface area (Å²) in [6.07, 6.45) is 5.77. The zero-order chi connectivity index (χ0) is 15.4. The number of rotatable bonds is 6. The van der Waals surface area contributed by atoms with Crippen molar-refractivity contribution in [2.75, 3.05) is 11.4 Å². The topological polar surface area (TPSA) is 109 Å². The zero-order valence-electron chi connectivity index (χ0n) is 12.0. The summed E-state index contributed by atoms with van der Waals surface area (Å²) in [6.45, 7) is 2.69. The number of nitrogens with two attached hydrogens (primary N) is 1. The van der Waals surface area contributed by atoms with Gasteiger partial charge in [0.25, 0.3) is 5.91 Å². The molecule has 116 valence electrons. The second-order valence-electron chi connectivity index (χ2n) is 5.08. The summed E-state index contributed by atoms with van der Waals surface area (Å²) in [5.74, 6) is -0.0217. The van der Waals surface area contributed by atoms with Gasteiger partial charge >= 0.3 is 0 Å². The van der Waals surface area contributed by atoms with Crippen LogP contribution in [0.4, 0.5) is 5.82 Å². The highest BCUT2D eigenvalue weighted by atomic mass is 32.2. The molecule has 0 aromatic carbocycles. The molecule has 0 saturated heterocycles. The first-order chi connectivity index (χ1) is 10.0. The van der Waals surface area contributed by atoms with Crippen LogP contribution in [0.1, 0.15) is 48.8 Å². The van der Waals surface area contributed by atoms with Gasteiger partial charge in [-0.15, -0.1) is 0 Å². The number of primary amides is 1. The molecule has 0 radical (unpaired) electrons. The minimum Gasteiger partial charge on any atom is -0.365 e. The monoisotopic (exact) mass is 312 g/mol. The number of hydrogen-bond acceptors (Lipinski definition) is 5. The third kappa shape index (κ3) is 3.76. The van der Waals surface area contributed by atoms with Crippen molar-refractivity contribution >= 4 is 22.8 Å². The van der Waals surface area contributed by atoms with Crippen LogP contribution in [0.3, 0.4) is 0 Å². The average molecular weight is 312 g/mol. The Labute approximate surface area is 126 Å². The van der Waals surface area contributed by atoms with Crippen LogP contribution in [0.5, 0.6) is 0 Å². The minimum absolute atomic E-state index is 0.158. The van der Waals surface area contributed by atoms with E-state index in [9.17, 15) is 9.00 Å². The van der Waals surface area contributed by atoms with Crippen LogP contribution in [0.2, 0.25) is 0 Å². The smallest absolute Gasteiger partial charge is 0.254 e. The second-order valence-corrected chi connectivity index (χ2v) is 6.01. The summed E-state index contributed by atoms with van der Waals surface area (Å²) in [4.78, 5) is 21.9. The highest BCUT2D eigenvalue weighted by Gasteiger charge is 2.26. The molecule has 1 saturated carbocycles. The Morgan fingerprint density at radius 1 is 1.52 bits per heavy atom. The van der Waals surface area contributed by atoms with Gasteiger partial charge in [-0.1, -0.05) is 12.8 Å². The average Bonchev–Trinajstić information content (AvgIpc) is 2.92. The predicted octanol–water partition coefficient (Wildman–Crippen LogP) is 1.07. The molecule has 0 aliphatic heterocycles. The van der Waals surface area contributed by atoms with Crippen molar-refractivity contribution in [2.45, 2.75) is 44.4 Å². The van der Waals surface area contributed by atoms with E-state index in [0.717, 1.165) is 25.7 Å². The number of hydrogen-bond donors (Lipinski definition) is 2. The molecule has 1 aliphatic rings. The van der Waals surface area contributed by atoms with E-state index < -0.39 is 17.0 Å². The third-order valence-electron chi connectivity index (χ3n) is 3.71. The number of nitrogens with zero attached hydrogens (tertiary/aromatic N) is 3. The maximum Gasteiger partial charge on any atom is 0.254 e. The lowest BCUT2D eigenvalue weighted by molar-refractivity contribution is 0.1000. The summed E-state index contributed by atoms with van der Waals surface area (Å²) in [7, 11) is 0. The van der Waals surface area contributed by atoms with Gasteiger partial charge in [-0.3, -0.25) is 4.79 Å². The molecule has 1 atom stereocenters. The minimum atomic E-state index is -2.02. The van der Waals surface area contributed by atoms with Crippen LogP contribution < -0.4 is 10.6 Å². The first-order valence-corrected chi connectivity index (χ1v) is 8.30. The van der Waals surface area contributed by atoms with Crippen molar-refractivity contribution in [3.05, 3.63) is 17.6 Å². The van der Waals surface area contributed by atoms with Crippen LogP contribution in [0, 0.1) is 0 Å². The van der Waals surface area contributed by atoms with Gasteiger partial charge in [0.2, 0.25) is 0 Å². The highest BCUT2D eigenvalue weighted by molar-refractivity contribution is 7.78. The lowest BCUT2D eigenvalue weighted by Gasteiger charge is -2.30. The molecule has 7 nitrogen and oxygen atoms in total. The number of carbonyl (C=O) groups is 1. The van der Waals surface area contributed by atoms with E-state index in [1.54, 1.807) is 0 Å².